The van der Waals surface area contributed by atoms with Crippen LogP contribution in [-0.2, 0) is 0 Å². The normalized spacial score (nSPS) is 11.7. The van der Waals surface area contributed by atoms with Crippen molar-refractivity contribution in [1.29, 1.82) is 0 Å². The lowest BCUT2D eigenvalue weighted by atomic mass is 9.94. The number of hydrogen-bond acceptors (Lipinski definition) is 0. The summed E-state index contributed by atoms with van der Waals surface area (Å²) in [6, 6.07) is 31.0. The van der Waals surface area contributed by atoms with Gasteiger partial charge in [0, 0.05) is 0 Å². The molecule has 0 saturated carbocycles. The Hall–Kier alpha value is -2.64. The van der Waals surface area contributed by atoms with E-state index in [-0.39, 0.29) is 0 Å². The second-order valence-corrected chi connectivity index (χ2v) is 7.33. The smallest absolute Gasteiger partial charge is 0.0631 e. The zero-order valence-corrected chi connectivity index (χ0v) is 13.6. The van der Waals surface area contributed by atoms with Gasteiger partial charge in [-0.25, -0.2) is 0 Å². The van der Waals surface area contributed by atoms with Crippen LogP contribution in [0.15, 0.2) is 84.9 Å². The van der Waals surface area contributed by atoms with Gasteiger partial charge in [0.15, 0.2) is 0 Å². The standard InChI is InChI=1S/C22H14Si/c1-2-7-18(8-3-1)23-20-14-12-17-10-9-15-5-4-6-16-11-13-19(20)22(17)21(15)16/h1-14H. The van der Waals surface area contributed by atoms with Crippen molar-refractivity contribution in [2.24, 2.45) is 0 Å². The van der Waals surface area contributed by atoms with Crippen molar-refractivity contribution in [2.75, 3.05) is 0 Å². The summed E-state index contributed by atoms with van der Waals surface area (Å²) in [5, 5.41) is 11.1. The Morgan fingerprint density at radius 1 is 0.478 bits per heavy atom. The minimum atomic E-state index is 0.695. The Morgan fingerprint density at radius 3 is 1.91 bits per heavy atom. The van der Waals surface area contributed by atoms with Crippen molar-refractivity contribution >= 4 is 52.2 Å². The van der Waals surface area contributed by atoms with Crippen LogP contribution in [0.5, 0.6) is 0 Å². The minimum Gasteiger partial charge on any atom is -0.0631 e. The molecule has 1 heteroatoms. The van der Waals surface area contributed by atoms with Crippen LogP contribution in [0.3, 0.4) is 0 Å². The summed E-state index contributed by atoms with van der Waals surface area (Å²) in [5.74, 6) is 0. The number of rotatable bonds is 2. The van der Waals surface area contributed by atoms with Gasteiger partial charge < -0.3 is 0 Å². The molecule has 0 N–H and O–H groups in total. The highest BCUT2D eigenvalue weighted by Gasteiger charge is 2.11. The summed E-state index contributed by atoms with van der Waals surface area (Å²) >= 11 is 0. The quantitative estimate of drug-likeness (QED) is 0.338. The van der Waals surface area contributed by atoms with E-state index in [1.54, 1.807) is 0 Å². The van der Waals surface area contributed by atoms with Crippen LogP contribution in [0.2, 0.25) is 0 Å². The second kappa shape index (κ2) is 4.93. The first-order valence-corrected chi connectivity index (χ1v) is 8.89. The van der Waals surface area contributed by atoms with Gasteiger partial charge in [0.25, 0.3) is 0 Å². The van der Waals surface area contributed by atoms with Gasteiger partial charge in [-0.1, -0.05) is 95.3 Å². The van der Waals surface area contributed by atoms with E-state index in [4.69, 9.17) is 0 Å². The van der Waals surface area contributed by atoms with Gasteiger partial charge in [0.2, 0.25) is 0 Å². The molecule has 0 aliphatic rings. The Kier molecular flexibility index (Phi) is 2.76. The summed E-state index contributed by atoms with van der Waals surface area (Å²) in [5.41, 5.74) is 0. The SMILES string of the molecule is c1ccc([Si]c2ccc3ccc4cccc5ccc2c3c45)cc1. The van der Waals surface area contributed by atoms with Crippen molar-refractivity contribution in [1.82, 2.24) is 0 Å². The molecule has 23 heavy (non-hydrogen) atoms. The molecule has 5 aromatic carbocycles. The molecule has 0 heterocycles. The lowest BCUT2D eigenvalue weighted by Gasteiger charge is -2.13. The van der Waals surface area contributed by atoms with Crippen LogP contribution in [-0.4, -0.2) is 9.52 Å². The van der Waals surface area contributed by atoms with Gasteiger partial charge in [-0.3, -0.25) is 0 Å². The first kappa shape index (κ1) is 12.9. The van der Waals surface area contributed by atoms with E-state index < -0.39 is 0 Å². The zero-order chi connectivity index (χ0) is 15.2. The fourth-order valence-corrected chi connectivity index (χ4v) is 4.70. The first-order chi connectivity index (χ1) is 11.4. The Morgan fingerprint density at radius 2 is 1.13 bits per heavy atom. The molecule has 0 atom stereocenters. The van der Waals surface area contributed by atoms with Gasteiger partial charge >= 0.3 is 0 Å². The van der Waals surface area contributed by atoms with E-state index >= 15 is 0 Å². The Balaban J connectivity index is 1.84. The molecular weight excluding hydrogens is 292 g/mol. The third kappa shape index (κ3) is 1.97. The molecule has 0 aliphatic heterocycles. The van der Waals surface area contributed by atoms with E-state index in [1.165, 1.54) is 42.7 Å². The van der Waals surface area contributed by atoms with Crippen molar-refractivity contribution in [3.63, 3.8) is 0 Å². The third-order valence-electron chi connectivity index (χ3n) is 4.58. The predicted octanol–water partition coefficient (Wildman–Crippen LogP) is 4.24. The van der Waals surface area contributed by atoms with Gasteiger partial charge in [-0.15, -0.1) is 0 Å². The van der Waals surface area contributed by atoms with Crippen LogP contribution >= 0.6 is 0 Å². The van der Waals surface area contributed by atoms with E-state index in [0.29, 0.717) is 9.52 Å². The van der Waals surface area contributed by atoms with Crippen molar-refractivity contribution in [3.8, 4) is 0 Å². The average Bonchev–Trinajstić information content (AvgIpc) is 2.62. The largest absolute Gasteiger partial charge is 0.122 e. The lowest BCUT2D eigenvalue weighted by molar-refractivity contribution is 1.76. The number of benzene rings is 5. The maximum Gasteiger partial charge on any atom is 0.122 e. The molecule has 0 amide bonds. The highest BCUT2D eigenvalue weighted by atomic mass is 28.2. The van der Waals surface area contributed by atoms with Gasteiger partial charge in [-0.2, -0.15) is 0 Å². The first-order valence-electron chi connectivity index (χ1n) is 7.89. The fraction of sp³-hybridized carbons (Fsp3) is 0. The summed E-state index contributed by atoms with van der Waals surface area (Å²) in [4.78, 5) is 0. The maximum absolute atomic E-state index is 2.30. The fourth-order valence-electron chi connectivity index (χ4n) is 3.52. The molecule has 0 saturated heterocycles. The molecule has 0 spiro atoms. The van der Waals surface area contributed by atoms with Gasteiger partial charge in [-0.05, 0) is 32.3 Å². The van der Waals surface area contributed by atoms with Crippen LogP contribution < -0.4 is 10.4 Å². The van der Waals surface area contributed by atoms with E-state index in [1.807, 2.05) is 0 Å². The minimum absolute atomic E-state index is 0.695. The monoisotopic (exact) mass is 306 g/mol. The molecule has 106 valence electrons. The molecule has 5 aromatic rings. The summed E-state index contributed by atoms with van der Waals surface area (Å²) in [6.45, 7) is 0. The third-order valence-corrected chi connectivity index (χ3v) is 5.91. The maximum atomic E-state index is 2.30. The van der Waals surface area contributed by atoms with Gasteiger partial charge in [0.05, 0.1) is 0 Å². The molecule has 0 unspecified atom stereocenters. The van der Waals surface area contributed by atoms with Gasteiger partial charge in [0.1, 0.15) is 9.52 Å². The molecule has 0 fully saturated rings. The van der Waals surface area contributed by atoms with Crippen LogP contribution in [0.4, 0.5) is 0 Å². The summed E-state index contributed by atoms with van der Waals surface area (Å²) in [6.07, 6.45) is 0. The zero-order valence-electron chi connectivity index (χ0n) is 12.6. The molecule has 0 bridgehead atoms. The Labute approximate surface area is 137 Å². The molecular formula is C22H14Si. The Bertz CT molecular complexity index is 1110. The molecule has 2 radical (unpaired) electrons. The van der Waals surface area contributed by atoms with E-state index in [0.717, 1.165) is 0 Å². The van der Waals surface area contributed by atoms with Crippen LogP contribution in [0.1, 0.15) is 0 Å². The van der Waals surface area contributed by atoms with Crippen LogP contribution in [0.25, 0.3) is 32.3 Å². The van der Waals surface area contributed by atoms with Crippen molar-refractivity contribution in [2.45, 2.75) is 0 Å². The average molecular weight is 306 g/mol. The topological polar surface area (TPSA) is 0 Å². The highest BCUT2D eigenvalue weighted by Crippen LogP contribution is 2.33. The van der Waals surface area contributed by atoms with E-state index in [2.05, 4.69) is 84.9 Å². The molecule has 0 aliphatic carbocycles. The molecule has 5 rings (SSSR count). The van der Waals surface area contributed by atoms with Crippen molar-refractivity contribution in [3.05, 3.63) is 84.9 Å². The molecule has 0 aromatic heterocycles. The highest BCUT2D eigenvalue weighted by molar-refractivity contribution is 6.70. The number of hydrogen-bond donors (Lipinski definition) is 0. The summed E-state index contributed by atoms with van der Waals surface area (Å²) < 4.78 is 0. The second-order valence-electron chi connectivity index (χ2n) is 5.96. The van der Waals surface area contributed by atoms with Crippen molar-refractivity contribution < 1.29 is 0 Å². The molecule has 0 nitrogen and oxygen atoms in total. The predicted molar refractivity (Wildman–Crippen MR) is 102 cm³/mol. The summed E-state index contributed by atoms with van der Waals surface area (Å²) in [7, 11) is 0.695. The van der Waals surface area contributed by atoms with Crippen LogP contribution in [0, 0.1) is 0 Å². The lowest BCUT2D eigenvalue weighted by Crippen LogP contribution is -2.27. The van der Waals surface area contributed by atoms with E-state index in [9.17, 15) is 0 Å².